The average molecular weight is 422 g/mol. The van der Waals surface area contributed by atoms with Crippen LogP contribution in [-0.2, 0) is 4.79 Å². The van der Waals surface area contributed by atoms with Crippen molar-refractivity contribution in [2.75, 3.05) is 11.1 Å². The van der Waals surface area contributed by atoms with E-state index in [9.17, 15) is 9.59 Å². The van der Waals surface area contributed by atoms with E-state index >= 15 is 0 Å². The van der Waals surface area contributed by atoms with E-state index in [0.717, 1.165) is 14.9 Å². The smallest absolute Gasteiger partial charge is 0.319 e. The number of para-hydroxylation sites is 1. The Morgan fingerprint density at radius 1 is 1.16 bits per heavy atom. The van der Waals surface area contributed by atoms with Gasteiger partial charge in [-0.1, -0.05) is 46.3 Å². The third-order valence-electron chi connectivity index (χ3n) is 3.46. The first-order chi connectivity index (χ1) is 12.0. The Hall–Kier alpha value is -1.99. The van der Waals surface area contributed by atoms with Crippen LogP contribution in [0.1, 0.15) is 24.9 Å². The van der Waals surface area contributed by atoms with Gasteiger partial charge in [-0.25, -0.2) is 4.79 Å². The van der Waals surface area contributed by atoms with Gasteiger partial charge in [0.25, 0.3) is 0 Å². The predicted molar refractivity (Wildman–Crippen MR) is 106 cm³/mol. The zero-order valence-electron chi connectivity index (χ0n) is 13.8. The van der Waals surface area contributed by atoms with Crippen molar-refractivity contribution in [1.29, 1.82) is 0 Å². The Labute approximate surface area is 159 Å². The van der Waals surface area contributed by atoms with E-state index in [1.54, 1.807) is 0 Å². The fourth-order valence-electron chi connectivity index (χ4n) is 2.22. The highest BCUT2D eigenvalue weighted by atomic mass is 79.9. The van der Waals surface area contributed by atoms with E-state index in [4.69, 9.17) is 5.73 Å². The summed E-state index contributed by atoms with van der Waals surface area (Å²) < 4.78 is 0.949. The maximum atomic E-state index is 12.3. The molecular formula is C18H20BrN3O2S. The molecule has 0 aliphatic rings. The number of carbonyl (C=O) groups is 2. The van der Waals surface area contributed by atoms with Crippen molar-refractivity contribution in [2.24, 2.45) is 5.73 Å². The van der Waals surface area contributed by atoms with E-state index in [1.165, 1.54) is 11.8 Å². The molecule has 0 aliphatic heterocycles. The molecule has 0 saturated heterocycles. The standard InChI is InChI=1S/C18H20BrN3O2S/c1-12(13-6-2-3-7-14(13)19)21-18(24)22-15-8-4-5-9-16(15)25-11-10-17(20)23/h2-9,12H,10-11H2,1H3,(H2,20,23)(H2,21,22,24). The maximum absolute atomic E-state index is 12.3. The summed E-state index contributed by atoms with van der Waals surface area (Å²) in [7, 11) is 0. The lowest BCUT2D eigenvalue weighted by Crippen LogP contribution is -2.31. The van der Waals surface area contributed by atoms with Gasteiger partial charge in [-0.3, -0.25) is 4.79 Å². The largest absolute Gasteiger partial charge is 0.370 e. The van der Waals surface area contributed by atoms with Gasteiger partial charge in [0.05, 0.1) is 11.7 Å². The number of nitrogens with two attached hydrogens (primary N) is 1. The monoisotopic (exact) mass is 421 g/mol. The molecule has 0 saturated carbocycles. The van der Waals surface area contributed by atoms with Crippen LogP contribution in [0.15, 0.2) is 57.9 Å². The SMILES string of the molecule is CC(NC(=O)Nc1ccccc1SCCC(N)=O)c1ccccc1Br. The zero-order chi connectivity index (χ0) is 18.2. The van der Waals surface area contributed by atoms with Gasteiger partial charge < -0.3 is 16.4 Å². The number of rotatable bonds is 7. The minimum Gasteiger partial charge on any atom is -0.370 e. The van der Waals surface area contributed by atoms with Crippen molar-refractivity contribution in [3.8, 4) is 0 Å². The van der Waals surface area contributed by atoms with Crippen molar-refractivity contribution >= 4 is 45.3 Å². The molecule has 132 valence electrons. The van der Waals surface area contributed by atoms with Crippen LogP contribution in [0.4, 0.5) is 10.5 Å². The van der Waals surface area contributed by atoms with E-state index < -0.39 is 0 Å². The van der Waals surface area contributed by atoms with Crippen molar-refractivity contribution in [1.82, 2.24) is 5.32 Å². The number of primary amides is 1. The van der Waals surface area contributed by atoms with E-state index in [-0.39, 0.29) is 18.0 Å². The Morgan fingerprint density at radius 3 is 2.56 bits per heavy atom. The predicted octanol–water partition coefficient (Wildman–Crippen LogP) is 4.30. The van der Waals surface area contributed by atoms with Crippen LogP contribution in [0.2, 0.25) is 0 Å². The lowest BCUT2D eigenvalue weighted by Gasteiger charge is -2.17. The van der Waals surface area contributed by atoms with Crippen LogP contribution < -0.4 is 16.4 Å². The molecule has 1 unspecified atom stereocenters. The minimum absolute atomic E-state index is 0.148. The van der Waals surface area contributed by atoms with Gasteiger partial charge in [0, 0.05) is 21.5 Å². The summed E-state index contributed by atoms with van der Waals surface area (Å²) in [6.45, 7) is 1.92. The number of carbonyl (C=O) groups excluding carboxylic acids is 2. The first-order valence-corrected chi connectivity index (χ1v) is 9.57. The van der Waals surface area contributed by atoms with Gasteiger partial charge in [0.2, 0.25) is 5.91 Å². The highest BCUT2D eigenvalue weighted by molar-refractivity contribution is 9.10. The summed E-state index contributed by atoms with van der Waals surface area (Å²) in [5.41, 5.74) is 6.87. The highest BCUT2D eigenvalue weighted by Crippen LogP contribution is 2.28. The second kappa shape index (κ2) is 9.48. The molecule has 0 radical (unpaired) electrons. The Kier molecular flexibility index (Phi) is 7.33. The number of benzene rings is 2. The summed E-state index contributed by atoms with van der Waals surface area (Å²) in [6, 6.07) is 14.8. The number of thioether (sulfide) groups is 1. The van der Waals surface area contributed by atoms with Gasteiger partial charge in [-0.2, -0.15) is 0 Å². The molecule has 1 atom stereocenters. The Balaban J connectivity index is 1.98. The number of urea groups is 1. The second-order valence-electron chi connectivity index (χ2n) is 5.40. The Morgan fingerprint density at radius 2 is 1.84 bits per heavy atom. The molecule has 7 heteroatoms. The van der Waals surface area contributed by atoms with Gasteiger partial charge in [-0.15, -0.1) is 11.8 Å². The van der Waals surface area contributed by atoms with Crippen LogP contribution >= 0.6 is 27.7 Å². The summed E-state index contributed by atoms with van der Waals surface area (Å²) in [5.74, 6) is 0.237. The molecule has 0 heterocycles. The van der Waals surface area contributed by atoms with Gasteiger partial charge in [0.15, 0.2) is 0 Å². The number of anilines is 1. The molecule has 3 amide bonds. The molecule has 2 rings (SSSR count). The van der Waals surface area contributed by atoms with Gasteiger partial charge >= 0.3 is 6.03 Å². The fourth-order valence-corrected chi connectivity index (χ4v) is 3.82. The highest BCUT2D eigenvalue weighted by Gasteiger charge is 2.13. The molecule has 0 bridgehead atoms. The molecular weight excluding hydrogens is 402 g/mol. The molecule has 0 fully saturated rings. The first kappa shape index (κ1) is 19.3. The van der Waals surface area contributed by atoms with Crippen LogP contribution in [0.25, 0.3) is 0 Å². The normalized spacial score (nSPS) is 11.6. The summed E-state index contributed by atoms with van der Waals surface area (Å²) in [5, 5.41) is 5.79. The van der Waals surface area contributed by atoms with Crippen LogP contribution in [0.5, 0.6) is 0 Å². The second-order valence-corrected chi connectivity index (χ2v) is 7.39. The number of hydrogen-bond acceptors (Lipinski definition) is 3. The molecule has 2 aromatic rings. The lowest BCUT2D eigenvalue weighted by molar-refractivity contribution is -0.117. The summed E-state index contributed by atoms with van der Waals surface area (Å²) in [4.78, 5) is 24.1. The minimum atomic E-state index is -0.335. The van der Waals surface area contributed by atoms with Crippen LogP contribution in [-0.4, -0.2) is 17.7 Å². The number of halogens is 1. The molecule has 0 aliphatic carbocycles. The topological polar surface area (TPSA) is 84.2 Å². The van der Waals surface area contributed by atoms with E-state index in [0.29, 0.717) is 17.9 Å². The van der Waals surface area contributed by atoms with Gasteiger partial charge in [0.1, 0.15) is 0 Å². The third-order valence-corrected chi connectivity index (χ3v) is 5.26. The lowest BCUT2D eigenvalue weighted by atomic mass is 10.1. The molecule has 25 heavy (non-hydrogen) atoms. The molecule has 0 aromatic heterocycles. The van der Waals surface area contributed by atoms with Gasteiger partial charge in [-0.05, 0) is 30.7 Å². The van der Waals surface area contributed by atoms with Crippen molar-refractivity contribution < 1.29 is 9.59 Å². The number of hydrogen-bond donors (Lipinski definition) is 3. The van der Waals surface area contributed by atoms with E-state index in [2.05, 4.69) is 26.6 Å². The van der Waals surface area contributed by atoms with E-state index in [1.807, 2.05) is 55.5 Å². The fraction of sp³-hybridized carbons (Fsp3) is 0.222. The quantitative estimate of drug-likeness (QED) is 0.582. The van der Waals surface area contributed by atoms with Crippen LogP contribution in [0, 0.1) is 0 Å². The van der Waals surface area contributed by atoms with Crippen molar-refractivity contribution in [2.45, 2.75) is 24.3 Å². The summed E-state index contributed by atoms with van der Waals surface area (Å²) in [6.07, 6.45) is 0.296. The molecule has 5 nitrogen and oxygen atoms in total. The first-order valence-electron chi connectivity index (χ1n) is 7.79. The average Bonchev–Trinajstić information content (AvgIpc) is 2.56. The van der Waals surface area contributed by atoms with Crippen LogP contribution in [0.3, 0.4) is 0 Å². The van der Waals surface area contributed by atoms with Crippen molar-refractivity contribution in [3.63, 3.8) is 0 Å². The maximum Gasteiger partial charge on any atom is 0.319 e. The number of nitrogens with one attached hydrogen (secondary N) is 2. The molecule has 2 aromatic carbocycles. The third kappa shape index (κ3) is 6.10. The molecule has 0 spiro atoms. The summed E-state index contributed by atoms with van der Waals surface area (Å²) >= 11 is 4.98. The Bertz CT molecular complexity index is 755. The number of amides is 3. The van der Waals surface area contributed by atoms with Crippen molar-refractivity contribution in [3.05, 3.63) is 58.6 Å². The molecule has 4 N–H and O–H groups in total. The zero-order valence-corrected chi connectivity index (χ0v) is 16.2.